The zero-order valence-corrected chi connectivity index (χ0v) is 12.8. The van der Waals surface area contributed by atoms with Crippen molar-refractivity contribution < 1.29 is 13.9 Å². The summed E-state index contributed by atoms with van der Waals surface area (Å²) in [6.07, 6.45) is 1.24. The van der Waals surface area contributed by atoms with E-state index in [1.807, 2.05) is 36.4 Å². The molecule has 0 atom stereocenters. The zero-order chi connectivity index (χ0) is 16.5. The molecule has 0 saturated carbocycles. The van der Waals surface area contributed by atoms with Crippen molar-refractivity contribution >= 4 is 5.97 Å². The number of esters is 1. The third-order valence-electron chi connectivity index (χ3n) is 4.30. The summed E-state index contributed by atoms with van der Waals surface area (Å²) in [5.41, 5.74) is 3.81. The SMILES string of the molecule is O=C(OCC1c2ccccc2-c2ccccc21)c1cccoc1=O. The Morgan fingerprint density at radius 1 is 0.917 bits per heavy atom. The highest BCUT2D eigenvalue weighted by Gasteiger charge is 2.29. The lowest BCUT2D eigenvalue weighted by Crippen LogP contribution is -2.18. The Bertz CT molecular complexity index is 925. The Kier molecular flexibility index (Phi) is 3.50. The van der Waals surface area contributed by atoms with Gasteiger partial charge in [0.1, 0.15) is 12.2 Å². The highest BCUT2D eigenvalue weighted by molar-refractivity contribution is 5.89. The Hall–Kier alpha value is -3.14. The number of ether oxygens (including phenoxy) is 1. The lowest BCUT2D eigenvalue weighted by Gasteiger charge is -2.13. The summed E-state index contributed by atoms with van der Waals surface area (Å²) in [5.74, 6) is -0.691. The van der Waals surface area contributed by atoms with Gasteiger partial charge in [-0.25, -0.2) is 9.59 Å². The zero-order valence-electron chi connectivity index (χ0n) is 12.8. The Balaban J connectivity index is 1.62. The highest BCUT2D eigenvalue weighted by atomic mass is 16.5. The van der Waals surface area contributed by atoms with Gasteiger partial charge in [0.05, 0.1) is 6.26 Å². The van der Waals surface area contributed by atoms with Crippen LogP contribution >= 0.6 is 0 Å². The molecule has 0 bridgehead atoms. The molecule has 118 valence electrons. The Morgan fingerprint density at radius 3 is 2.17 bits per heavy atom. The fraction of sp³-hybridized carbons (Fsp3) is 0.100. The van der Waals surface area contributed by atoms with Crippen molar-refractivity contribution in [2.75, 3.05) is 6.61 Å². The minimum atomic E-state index is -0.685. The van der Waals surface area contributed by atoms with Crippen molar-refractivity contribution in [2.45, 2.75) is 5.92 Å². The van der Waals surface area contributed by atoms with Gasteiger partial charge in [0.15, 0.2) is 0 Å². The van der Waals surface area contributed by atoms with Crippen LogP contribution in [0.4, 0.5) is 0 Å². The predicted molar refractivity (Wildman–Crippen MR) is 89.0 cm³/mol. The maximum atomic E-state index is 12.2. The van der Waals surface area contributed by atoms with Crippen LogP contribution in [0.3, 0.4) is 0 Å². The van der Waals surface area contributed by atoms with Crippen LogP contribution in [-0.4, -0.2) is 12.6 Å². The van der Waals surface area contributed by atoms with Crippen molar-refractivity contribution in [3.05, 3.63) is 94.0 Å². The molecule has 0 amide bonds. The van der Waals surface area contributed by atoms with Crippen LogP contribution in [0, 0.1) is 0 Å². The number of carbonyl (C=O) groups excluding carboxylic acids is 1. The van der Waals surface area contributed by atoms with E-state index in [4.69, 9.17) is 9.15 Å². The summed E-state index contributed by atoms with van der Waals surface area (Å²) in [6, 6.07) is 19.1. The summed E-state index contributed by atoms with van der Waals surface area (Å²) >= 11 is 0. The number of carbonyl (C=O) groups is 1. The standard InChI is InChI=1S/C20H14O4/c21-19-17(10-5-11-23-19)20(22)24-12-18-15-8-3-1-6-13(15)14-7-2-4-9-16(14)18/h1-11,18H,12H2. The van der Waals surface area contributed by atoms with Gasteiger partial charge in [0.2, 0.25) is 0 Å². The molecule has 0 radical (unpaired) electrons. The van der Waals surface area contributed by atoms with Crippen molar-refractivity contribution in [1.82, 2.24) is 0 Å². The lowest BCUT2D eigenvalue weighted by molar-refractivity contribution is 0.0488. The molecule has 1 aliphatic carbocycles. The van der Waals surface area contributed by atoms with Crippen LogP contribution in [-0.2, 0) is 4.74 Å². The van der Waals surface area contributed by atoms with E-state index < -0.39 is 11.6 Å². The second kappa shape index (κ2) is 5.81. The molecule has 4 heteroatoms. The Labute approximate surface area is 138 Å². The van der Waals surface area contributed by atoms with E-state index in [1.165, 1.54) is 18.4 Å². The molecule has 3 aromatic rings. The summed E-state index contributed by atoms with van der Waals surface area (Å²) in [7, 11) is 0. The topological polar surface area (TPSA) is 56.5 Å². The molecule has 2 aromatic carbocycles. The number of rotatable bonds is 3. The smallest absolute Gasteiger partial charge is 0.350 e. The Morgan fingerprint density at radius 2 is 1.54 bits per heavy atom. The normalized spacial score (nSPS) is 12.5. The highest BCUT2D eigenvalue weighted by Crippen LogP contribution is 2.44. The van der Waals surface area contributed by atoms with Gasteiger partial charge in [-0.05, 0) is 34.4 Å². The van der Waals surface area contributed by atoms with Gasteiger partial charge < -0.3 is 9.15 Å². The summed E-state index contributed by atoms with van der Waals surface area (Å²) in [5, 5.41) is 0. The van der Waals surface area contributed by atoms with Crippen LogP contribution in [0.25, 0.3) is 11.1 Å². The van der Waals surface area contributed by atoms with Gasteiger partial charge in [-0.15, -0.1) is 0 Å². The molecule has 0 unspecified atom stereocenters. The lowest BCUT2D eigenvalue weighted by atomic mass is 9.98. The molecule has 1 aliphatic rings. The fourth-order valence-corrected chi connectivity index (χ4v) is 3.20. The van der Waals surface area contributed by atoms with Crippen molar-refractivity contribution in [1.29, 1.82) is 0 Å². The second-order valence-corrected chi connectivity index (χ2v) is 5.64. The van der Waals surface area contributed by atoms with Crippen LogP contribution in [0.2, 0.25) is 0 Å². The quantitative estimate of drug-likeness (QED) is 0.692. The van der Waals surface area contributed by atoms with Crippen molar-refractivity contribution in [2.24, 2.45) is 0 Å². The molecule has 4 rings (SSSR count). The average Bonchev–Trinajstić information content (AvgIpc) is 2.94. The van der Waals surface area contributed by atoms with Gasteiger partial charge in [-0.2, -0.15) is 0 Å². The predicted octanol–water partition coefficient (Wildman–Crippen LogP) is 3.61. The molecule has 0 aliphatic heterocycles. The first kappa shape index (κ1) is 14.5. The van der Waals surface area contributed by atoms with E-state index in [-0.39, 0.29) is 18.1 Å². The molecule has 0 fully saturated rings. The minimum Gasteiger partial charge on any atom is -0.461 e. The molecule has 1 aromatic heterocycles. The van der Waals surface area contributed by atoms with Gasteiger partial charge in [-0.1, -0.05) is 48.5 Å². The fourth-order valence-electron chi connectivity index (χ4n) is 3.20. The number of hydrogen-bond acceptors (Lipinski definition) is 4. The largest absolute Gasteiger partial charge is 0.461 e. The maximum Gasteiger partial charge on any atom is 0.350 e. The maximum absolute atomic E-state index is 12.2. The van der Waals surface area contributed by atoms with E-state index in [9.17, 15) is 9.59 Å². The second-order valence-electron chi connectivity index (χ2n) is 5.64. The van der Waals surface area contributed by atoms with E-state index in [0.29, 0.717) is 0 Å². The third-order valence-corrected chi connectivity index (χ3v) is 4.30. The molecular weight excluding hydrogens is 304 g/mol. The minimum absolute atomic E-state index is 0.0305. The molecule has 0 spiro atoms. The van der Waals surface area contributed by atoms with Gasteiger partial charge in [-0.3, -0.25) is 0 Å². The first-order valence-corrected chi connectivity index (χ1v) is 7.69. The van der Waals surface area contributed by atoms with E-state index in [2.05, 4.69) is 12.1 Å². The first-order valence-electron chi connectivity index (χ1n) is 7.69. The number of benzene rings is 2. The third kappa shape index (κ3) is 2.33. The molecule has 0 N–H and O–H groups in total. The average molecular weight is 318 g/mol. The van der Waals surface area contributed by atoms with E-state index in [1.54, 1.807) is 0 Å². The van der Waals surface area contributed by atoms with Crippen LogP contribution < -0.4 is 5.63 Å². The monoisotopic (exact) mass is 318 g/mol. The number of hydrogen-bond donors (Lipinski definition) is 0. The van der Waals surface area contributed by atoms with Gasteiger partial charge in [0, 0.05) is 5.92 Å². The molecule has 0 saturated heterocycles. The molecule has 24 heavy (non-hydrogen) atoms. The van der Waals surface area contributed by atoms with Crippen LogP contribution in [0.5, 0.6) is 0 Å². The molecular formula is C20H14O4. The van der Waals surface area contributed by atoms with Crippen molar-refractivity contribution in [3.63, 3.8) is 0 Å². The van der Waals surface area contributed by atoms with Gasteiger partial charge in [0.25, 0.3) is 0 Å². The first-order chi connectivity index (χ1) is 11.8. The summed E-state index contributed by atoms with van der Waals surface area (Å²) in [4.78, 5) is 23.8. The van der Waals surface area contributed by atoms with Crippen molar-refractivity contribution in [3.8, 4) is 11.1 Å². The molecule has 4 nitrogen and oxygen atoms in total. The van der Waals surface area contributed by atoms with E-state index in [0.717, 1.165) is 22.3 Å². The van der Waals surface area contributed by atoms with E-state index >= 15 is 0 Å². The van der Waals surface area contributed by atoms with Crippen LogP contribution in [0.1, 0.15) is 27.4 Å². The summed E-state index contributed by atoms with van der Waals surface area (Å²) < 4.78 is 10.1. The summed E-state index contributed by atoms with van der Waals surface area (Å²) in [6.45, 7) is 0.182. The van der Waals surface area contributed by atoms with Gasteiger partial charge >= 0.3 is 11.6 Å². The number of fused-ring (bicyclic) bond motifs is 3. The van der Waals surface area contributed by atoms with Crippen LogP contribution in [0.15, 0.2) is 76.1 Å². The molecule has 1 heterocycles.